The summed E-state index contributed by atoms with van der Waals surface area (Å²) in [7, 11) is 2.73. The second-order valence-corrected chi connectivity index (χ2v) is 5.18. The van der Waals surface area contributed by atoms with Crippen LogP contribution in [0.5, 0.6) is 23.0 Å². The number of methoxy groups -OCH3 is 2. The predicted molar refractivity (Wildman–Crippen MR) is 87.6 cm³/mol. The van der Waals surface area contributed by atoms with E-state index < -0.39 is 11.2 Å². The van der Waals surface area contributed by atoms with Crippen LogP contribution in [0, 0.1) is 0 Å². The second kappa shape index (κ2) is 6.62. The fourth-order valence-corrected chi connectivity index (χ4v) is 2.58. The van der Waals surface area contributed by atoms with E-state index in [0.29, 0.717) is 0 Å². The highest BCUT2D eigenvalue weighted by Crippen LogP contribution is 2.39. The first-order chi connectivity index (χ1) is 11.4. The van der Waals surface area contributed by atoms with Gasteiger partial charge in [-0.1, -0.05) is 12.1 Å². The number of aromatic hydroxyl groups is 2. The second-order valence-electron chi connectivity index (χ2n) is 5.18. The molecule has 0 amide bonds. The van der Waals surface area contributed by atoms with E-state index in [1.807, 2.05) is 6.29 Å². The number of ether oxygens (including phenoxy) is 2. The average molecular weight is 330 g/mol. The van der Waals surface area contributed by atoms with Crippen molar-refractivity contribution in [3.8, 4) is 23.0 Å². The van der Waals surface area contributed by atoms with E-state index in [9.17, 15) is 19.8 Å². The molecule has 0 spiro atoms. The molecule has 6 heteroatoms. The maximum absolute atomic E-state index is 12.4. The van der Waals surface area contributed by atoms with Crippen LogP contribution in [0.4, 0.5) is 0 Å². The predicted octanol–water partition coefficient (Wildman–Crippen LogP) is 2.21. The van der Waals surface area contributed by atoms with Gasteiger partial charge in [0.1, 0.15) is 5.41 Å². The molecule has 2 aromatic rings. The molecule has 125 valence electrons. The highest BCUT2D eigenvalue weighted by Gasteiger charge is 2.41. The summed E-state index contributed by atoms with van der Waals surface area (Å²) in [4.78, 5) is 24.3. The van der Waals surface area contributed by atoms with Crippen LogP contribution < -0.4 is 9.47 Å². The Morgan fingerprint density at radius 2 is 1.42 bits per heavy atom. The quantitative estimate of drug-likeness (QED) is 0.789. The summed E-state index contributed by atoms with van der Waals surface area (Å²) in [5.74, 6) is -0.461. The van der Waals surface area contributed by atoms with Crippen LogP contribution in [0.1, 0.15) is 19.5 Å². The van der Waals surface area contributed by atoms with Crippen molar-refractivity contribution in [1.82, 2.24) is 0 Å². The van der Waals surface area contributed by atoms with Gasteiger partial charge in [0.25, 0.3) is 0 Å². The van der Waals surface area contributed by atoms with Gasteiger partial charge in [-0.05, 0) is 42.3 Å². The molecule has 1 radical (unpaired) electrons. The van der Waals surface area contributed by atoms with Gasteiger partial charge >= 0.3 is 1.43 Å². The lowest BCUT2D eigenvalue weighted by molar-refractivity contribution is -0.119. The summed E-state index contributed by atoms with van der Waals surface area (Å²) in [5, 5.41) is 19.5. The monoisotopic (exact) mass is 330 g/mol. The van der Waals surface area contributed by atoms with Gasteiger partial charge in [-0.2, -0.15) is 0 Å². The van der Waals surface area contributed by atoms with Crippen molar-refractivity contribution in [3.05, 3.63) is 47.5 Å². The molecule has 0 aliphatic carbocycles. The Labute approximate surface area is 140 Å². The first kappa shape index (κ1) is 17.3. The Bertz CT molecular complexity index is 734. The molecule has 0 heterocycles. The maximum Gasteiger partial charge on any atom is 1.00 e. The van der Waals surface area contributed by atoms with E-state index in [-0.39, 0.29) is 35.6 Å². The zero-order valence-corrected chi connectivity index (χ0v) is 13.5. The third-order valence-corrected chi connectivity index (χ3v) is 3.91. The molecule has 0 saturated carbocycles. The molecule has 2 rings (SSSR count). The number of hydrogen-bond acceptors (Lipinski definition) is 6. The number of carbonyl (C=O) groups excluding carboxylic acids is 2. The first-order valence-corrected chi connectivity index (χ1v) is 7.06. The summed E-state index contributed by atoms with van der Waals surface area (Å²) < 4.78 is 10.1. The number of phenols is 2. The Kier molecular flexibility index (Phi) is 4.78. The summed E-state index contributed by atoms with van der Waals surface area (Å²) >= 11 is 0. The number of ketones is 1. The Balaban J connectivity index is 0.00000312. The average Bonchev–Trinajstić information content (AvgIpc) is 2.58. The number of carbonyl (C=O) groups is 1. The summed E-state index contributed by atoms with van der Waals surface area (Å²) in [6.07, 6.45) is 1.82. The van der Waals surface area contributed by atoms with E-state index in [0.717, 1.165) is 0 Å². The van der Waals surface area contributed by atoms with Crippen molar-refractivity contribution in [2.24, 2.45) is 0 Å². The van der Waals surface area contributed by atoms with Crippen LogP contribution in [0.25, 0.3) is 0 Å². The van der Waals surface area contributed by atoms with Gasteiger partial charge in [-0.3, -0.25) is 9.59 Å². The Hall–Kier alpha value is -3.02. The van der Waals surface area contributed by atoms with Crippen molar-refractivity contribution in [2.75, 3.05) is 14.2 Å². The van der Waals surface area contributed by atoms with Gasteiger partial charge in [0, 0.05) is 0 Å². The van der Waals surface area contributed by atoms with E-state index >= 15 is 0 Å². The molecule has 0 bridgehead atoms. The normalized spacial score (nSPS) is 11.0. The van der Waals surface area contributed by atoms with Crippen LogP contribution in [0.2, 0.25) is 0 Å². The van der Waals surface area contributed by atoms with Crippen molar-refractivity contribution in [2.45, 2.75) is 12.3 Å². The minimum Gasteiger partial charge on any atom is -0.504 e. The van der Waals surface area contributed by atoms with E-state index in [4.69, 9.17) is 9.47 Å². The van der Waals surface area contributed by atoms with Gasteiger partial charge in [-0.15, -0.1) is 0 Å². The fraction of sp³-hybridized carbons (Fsp3) is 0.222. The lowest BCUT2D eigenvalue weighted by Crippen LogP contribution is -2.37. The zero-order valence-electron chi connectivity index (χ0n) is 14.5. The standard InChI is InChI=1S/C18H17O6/c1-11(20)18(10-19,12-4-6-14(21)16(8-12)23-2)13-5-7-15(22)17(9-13)24-3/h4-9,21-22H,1-3H3/p+1. The number of hydrogen-bond donors (Lipinski definition) is 2. The number of Topliss-reactive ketones (excluding diaryl/α,β-unsaturated/α-hetero) is 1. The lowest BCUT2D eigenvalue weighted by atomic mass is 9.72. The number of rotatable bonds is 6. The molecule has 24 heavy (non-hydrogen) atoms. The third-order valence-electron chi connectivity index (χ3n) is 3.91. The van der Waals surface area contributed by atoms with E-state index in [1.54, 1.807) is 0 Å². The molecule has 6 nitrogen and oxygen atoms in total. The smallest absolute Gasteiger partial charge is 0.504 e. The summed E-state index contributed by atoms with van der Waals surface area (Å²) in [6.45, 7) is 1.27. The first-order valence-electron chi connectivity index (χ1n) is 7.06. The topological polar surface area (TPSA) is 93.1 Å². The summed E-state index contributed by atoms with van der Waals surface area (Å²) in [5.41, 5.74) is -1.16. The molecule has 0 fully saturated rings. The molecule has 0 aliphatic rings. The van der Waals surface area contributed by atoms with Crippen LogP contribution in [-0.4, -0.2) is 36.5 Å². The SMILES string of the molecule is COc1cc(C([C]=O)(C(C)=O)c2ccc(O)c(OC)c2)ccc1O.[H+]. The van der Waals surface area contributed by atoms with Crippen LogP contribution in [-0.2, 0) is 15.0 Å². The molecule has 0 saturated heterocycles. The molecule has 0 aromatic heterocycles. The van der Waals surface area contributed by atoms with Crippen LogP contribution >= 0.6 is 0 Å². The van der Waals surface area contributed by atoms with Crippen molar-refractivity contribution < 1.29 is 30.7 Å². The molecule has 2 aromatic carbocycles. The molecular formula is C18H18O6+. The minimum atomic E-state index is -1.73. The van der Waals surface area contributed by atoms with Gasteiger partial charge in [0.15, 0.2) is 28.8 Å². The highest BCUT2D eigenvalue weighted by atomic mass is 16.5. The van der Waals surface area contributed by atoms with E-state index in [2.05, 4.69) is 0 Å². The Morgan fingerprint density at radius 1 is 1.00 bits per heavy atom. The van der Waals surface area contributed by atoms with Gasteiger partial charge in [0.2, 0.25) is 6.29 Å². The van der Waals surface area contributed by atoms with Gasteiger partial charge < -0.3 is 19.7 Å². The molecule has 2 N–H and O–H groups in total. The Morgan fingerprint density at radius 3 is 1.71 bits per heavy atom. The van der Waals surface area contributed by atoms with Crippen molar-refractivity contribution in [3.63, 3.8) is 0 Å². The zero-order chi connectivity index (χ0) is 17.9. The summed E-state index contributed by atoms with van der Waals surface area (Å²) in [6, 6.07) is 8.37. The molecular weight excluding hydrogens is 312 g/mol. The van der Waals surface area contributed by atoms with Crippen molar-refractivity contribution >= 4 is 12.1 Å². The van der Waals surface area contributed by atoms with Gasteiger partial charge in [-0.25, -0.2) is 0 Å². The van der Waals surface area contributed by atoms with E-state index in [1.165, 1.54) is 57.5 Å². The molecule has 0 unspecified atom stereocenters. The lowest BCUT2D eigenvalue weighted by Gasteiger charge is -2.26. The van der Waals surface area contributed by atoms with Crippen LogP contribution in [0.15, 0.2) is 36.4 Å². The largest absolute Gasteiger partial charge is 1.00 e. The number of benzene rings is 2. The minimum absolute atomic E-state index is 0. The van der Waals surface area contributed by atoms with Crippen LogP contribution in [0.3, 0.4) is 0 Å². The highest BCUT2D eigenvalue weighted by molar-refractivity contribution is 6.07. The molecule has 0 aliphatic heterocycles. The number of phenolic OH excluding ortho intramolecular Hbond substituents is 2. The van der Waals surface area contributed by atoms with Gasteiger partial charge in [0.05, 0.1) is 14.2 Å². The fourth-order valence-electron chi connectivity index (χ4n) is 2.58. The maximum atomic E-state index is 12.4. The molecule has 0 atom stereocenters. The third kappa shape index (κ3) is 2.67. The van der Waals surface area contributed by atoms with Crippen molar-refractivity contribution in [1.29, 1.82) is 0 Å².